The van der Waals surface area contributed by atoms with Crippen LogP contribution in [-0.2, 0) is 16.1 Å². The zero-order chi connectivity index (χ0) is 16.7. The molecule has 0 spiro atoms. The maximum Gasteiger partial charge on any atom is 0.326 e. The lowest BCUT2D eigenvalue weighted by Gasteiger charge is -2.21. The Morgan fingerprint density at radius 3 is 2.59 bits per heavy atom. The summed E-state index contributed by atoms with van der Waals surface area (Å²) < 4.78 is 7.31. The number of carbonyl (C=O) groups excluding carboxylic acids is 1. The summed E-state index contributed by atoms with van der Waals surface area (Å²) in [4.78, 5) is 26.3. The first-order valence-corrected chi connectivity index (χ1v) is 8.18. The molecule has 1 heterocycles. The number of H-pyrrole nitrogens is 1. The minimum absolute atomic E-state index is 0.0597. The third-order valence-electron chi connectivity index (χ3n) is 3.52. The van der Waals surface area contributed by atoms with Gasteiger partial charge < -0.3 is 9.30 Å². The Balaban J connectivity index is 2.44. The monoisotopic (exact) mass is 326 g/mol. The molecule has 1 rings (SSSR count). The molecular formula is C16H26N2O3S. The summed E-state index contributed by atoms with van der Waals surface area (Å²) in [7, 11) is 0. The van der Waals surface area contributed by atoms with Crippen LogP contribution >= 0.6 is 12.2 Å². The van der Waals surface area contributed by atoms with E-state index >= 15 is 0 Å². The van der Waals surface area contributed by atoms with Crippen LogP contribution in [0, 0.1) is 22.4 Å². The third-order valence-corrected chi connectivity index (χ3v) is 3.76. The number of hydrogen-bond acceptors (Lipinski definition) is 4. The highest BCUT2D eigenvalue weighted by molar-refractivity contribution is 7.71. The summed E-state index contributed by atoms with van der Waals surface area (Å²) in [6.45, 7) is 9.11. The van der Waals surface area contributed by atoms with Crippen molar-refractivity contribution in [3.63, 3.8) is 0 Å². The molecule has 0 amide bonds. The molecule has 0 aliphatic heterocycles. The molecule has 0 bridgehead atoms. The molecular weight excluding hydrogens is 300 g/mol. The van der Waals surface area contributed by atoms with Gasteiger partial charge in [0.05, 0.1) is 12.5 Å². The van der Waals surface area contributed by atoms with E-state index < -0.39 is 0 Å². The van der Waals surface area contributed by atoms with E-state index in [0.717, 1.165) is 6.42 Å². The van der Waals surface area contributed by atoms with Crippen molar-refractivity contribution in [3.05, 3.63) is 27.4 Å². The number of hydrogen-bond donors (Lipinski definition) is 1. The van der Waals surface area contributed by atoms with Crippen molar-refractivity contribution >= 4 is 18.2 Å². The fraction of sp³-hybridized carbons (Fsp3) is 0.688. The first-order chi connectivity index (χ1) is 10.3. The Bertz CT molecular complexity index is 590. The van der Waals surface area contributed by atoms with E-state index in [0.29, 0.717) is 30.1 Å². The Labute approximate surface area is 136 Å². The predicted octanol–water partition coefficient (Wildman–Crippen LogP) is 3.16. The van der Waals surface area contributed by atoms with Crippen LogP contribution in [0.25, 0.3) is 0 Å². The average molecular weight is 326 g/mol. The molecule has 1 aromatic heterocycles. The molecule has 0 aromatic carbocycles. The van der Waals surface area contributed by atoms with Gasteiger partial charge in [-0.2, -0.15) is 0 Å². The highest BCUT2D eigenvalue weighted by atomic mass is 32.1. The van der Waals surface area contributed by atoms with E-state index in [-0.39, 0.29) is 23.5 Å². The van der Waals surface area contributed by atoms with E-state index in [1.54, 1.807) is 12.3 Å². The average Bonchev–Trinajstić information content (AvgIpc) is 2.42. The number of aromatic nitrogens is 2. The number of nitrogens with one attached hydrogen (secondary N) is 1. The van der Waals surface area contributed by atoms with Gasteiger partial charge in [0.25, 0.3) is 0 Å². The first-order valence-electron chi connectivity index (χ1n) is 7.77. The normalized spacial score (nSPS) is 12.6. The fourth-order valence-electron chi connectivity index (χ4n) is 2.28. The number of aromatic amines is 1. The van der Waals surface area contributed by atoms with Crippen LogP contribution in [0.5, 0.6) is 0 Å². The molecule has 1 aromatic rings. The molecule has 1 atom stereocenters. The van der Waals surface area contributed by atoms with Gasteiger partial charge in [0, 0.05) is 12.7 Å². The van der Waals surface area contributed by atoms with E-state index in [4.69, 9.17) is 17.0 Å². The van der Waals surface area contributed by atoms with Gasteiger partial charge in [-0.25, -0.2) is 4.79 Å². The summed E-state index contributed by atoms with van der Waals surface area (Å²) in [5, 5.41) is 0. The third kappa shape index (κ3) is 6.13. The molecule has 1 unspecified atom stereocenters. The van der Waals surface area contributed by atoms with Crippen molar-refractivity contribution in [2.45, 2.75) is 47.1 Å². The van der Waals surface area contributed by atoms with Gasteiger partial charge in [-0.3, -0.25) is 9.78 Å². The van der Waals surface area contributed by atoms with Crippen LogP contribution in [0.3, 0.4) is 0 Å². The first kappa shape index (κ1) is 18.6. The van der Waals surface area contributed by atoms with Gasteiger partial charge in [-0.1, -0.05) is 39.9 Å². The minimum Gasteiger partial charge on any atom is -0.465 e. The molecule has 0 aliphatic carbocycles. The van der Waals surface area contributed by atoms with E-state index in [2.05, 4.69) is 18.8 Å². The Kier molecular flexibility index (Phi) is 7.51. The smallest absolute Gasteiger partial charge is 0.326 e. The topological polar surface area (TPSA) is 64.1 Å². The zero-order valence-electron chi connectivity index (χ0n) is 13.8. The molecule has 22 heavy (non-hydrogen) atoms. The maximum atomic E-state index is 12.1. The Morgan fingerprint density at radius 1 is 1.36 bits per heavy atom. The molecule has 6 heteroatoms. The largest absolute Gasteiger partial charge is 0.465 e. The summed E-state index contributed by atoms with van der Waals surface area (Å²) in [5.74, 6) is 0.539. The Hall–Kier alpha value is -1.43. The molecule has 0 fully saturated rings. The molecule has 0 saturated carbocycles. The van der Waals surface area contributed by atoms with Crippen LogP contribution in [-0.4, -0.2) is 22.1 Å². The van der Waals surface area contributed by atoms with Crippen molar-refractivity contribution in [1.29, 1.82) is 0 Å². The highest BCUT2D eigenvalue weighted by Gasteiger charge is 2.24. The van der Waals surface area contributed by atoms with Gasteiger partial charge in [0.2, 0.25) is 0 Å². The molecule has 124 valence electrons. The van der Waals surface area contributed by atoms with Crippen molar-refractivity contribution < 1.29 is 9.53 Å². The Morgan fingerprint density at radius 2 is 2.05 bits per heavy atom. The SMILES string of the molecule is CC(C)CC(C(=O)OCCCn1ccc(=S)[nH]c1=O)C(C)C. The fourth-order valence-corrected chi connectivity index (χ4v) is 2.43. The van der Waals surface area contributed by atoms with Gasteiger partial charge in [0.15, 0.2) is 0 Å². The minimum atomic E-state index is -0.237. The van der Waals surface area contributed by atoms with Crippen LogP contribution in [0.4, 0.5) is 0 Å². The molecule has 5 nitrogen and oxygen atoms in total. The van der Waals surface area contributed by atoms with E-state index in [1.165, 1.54) is 4.57 Å². The van der Waals surface area contributed by atoms with Crippen molar-refractivity contribution in [3.8, 4) is 0 Å². The highest BCUT2D eigenvalue weighted by Crippen LogP contribution is 2.21. The molecule has 0 saturated heterocycles. The lowest BCUT2D eigenvalue weighted by Crippen LogP contribution is -2.26. The van der Waals surface area contributed by atoms with Crippen molar-refractivity contribution in [2.24, 2.45) is 17.8 Å². The lowest BCUT2D eigenvalue weighted by atomic mass is 9.88. The summed E-state index contributed by atoms with van der Waals surface area (Å²) in [5.41, 5.74) is -0.237. The van der Waals surface area contributed by atoms with Gasteiger partial charge in [0.1, 0.15) is 4.64 Å². The van der Waals surface area contributed by atoms with E-state index in [9.17, 15) is 9.59 Å². The number of rotatable bonds is 8. The number of nitrogens with zero attached hydrogens (tertiary/aromatic N) is 1. The maximum absolute atomic E-state index is 12.1. The number of aryl methyl sites for hydroxylation is 1. The summed E-state index contributed by atoms with van der Waals surface area (Å²) in [6.07, 6.45) is 3.09. The van der Waals surface area contributed by atoms with Gasteiger partial charge in [-0.05, 0) is 30.7 Å². The summed E-state index contributed by atoms with van der Waals surface area (Å²) in [6, 6.07) is 1.67. The second-order valence-corrected chi connectivity index (χ2v) is 6.74. The van der Waals surface area contributed by atoms with Gasteiger partial charge >= 0.3 is 11.7 Å². The second-order valence-electron chi connectivity index (χ2n) is 6.30. The number of esters is 1. The van der Waals surface area contributed by atoms with Crippen LogP contribution in [0.1, 0.15) is 40.5 Å². The molecule has 0 radical (unpaired) electrons. The van der Waals surface area contributed by atoms with Gasteiger partial charge in [-0.15, -0.1) is 0 Å². The number of carbonyl (C=O) groups is 1. The van der Waals surface area contributed by atoms with Crippen LogP contribution in [0.15, 0.2) is 17.1 Å². The molecule has 0 aliphatic rings. The zero-order valence-corrected chi connectivity index (χ0v) is 14.6. The number of ether oxygens (including phenoxy) is 1. The van der Waals surface area contributed by atoms with Crippen LogP contribution in [0.2, 0.25) is 0 Å². The molecule has 1 N–H and O–H groups in total. The van der Waals surface area contributed by atoms with Crippen LogP contribution < -0.4 is 5.69 Å². The lowest BCUT2D eigenvalue weighted by molar-refractivity contribution is -0.151. The standard InChI is InChI=1S/C16H26N2O3S/c1-11(2)10-13(12(3)4)15(19)21-9-5-7-18-8-6-14(22)17-16(18)20/h6,8,11-13H,5,7,9-10H2,1-4H3,(H,17,20,22). The van der Waals surface area contributed by atoms with Crippen molar-refractivity contribution in [2.75, 3.05) is 6.61 Å². The van der Waals surface area contributed by atoms with Crippen molar-refractivity contribution in [1.82, 2.24) is 9.55 Å². The van der Waals surface area contributed by atoms with E-state index in [1.807, 2.05) is 13.8 Å². The predicted molar refractivity (Wildman–Crippen MR) is 89.2 cm³/mol. The second kappa shape index (κ2) is 8.88. The summed E-state index contributed by atoms with van der Waals surface area (Å²) >= 11 is 4.88. The quantitative estimate of drug-likeness (QED) is 0.453.